The third-order valence-corrected chi connectivity index (χ3v) is 6.62. The third-order valence-electron chi connectivity index (χ3n) is 1.50. The first-order chi connectivity index (χ1) is 5.45. The van der Waals surface area contributed by atoms with Crippen molar-refractivity contribution < 1.29 is 21.5 Å². The lowest BCUT2D eigenvalue weighted by Crippen LogP contribution is -2.43. The molecule has 0 aromatic carbocycles. The summed E-state index contributed by atoms with van der Waals surface area (Å²) in [7, 11) is -3.27. The summed E-state index contributed by atoms with van der Waals surface area (Å²) < 4.78 is 26.0. The molecule has 2 saturated heterocycles. The summed E-state index contributed by atoms with van der Waals surface area (Å²) in [5.74, 6) is 0. The van der Waals surface area contributed by atoms with Gasteiger partial charge in [0, 0.05) is 6.42 Å². The zero-order chi connectivity index (χ0) is 7.52. The van der Waals surface area contributed by atoms with Crippen LogP contribution in [0.4, 0.5) is 0 Å². The zero-order valence-corrected chi connectivity index (χ0v) is 10.0. The predicted octanol–water partition coefficient (Wildman–Crippen LogP) is -2.47. The second-order valence-corrected chi connectivity index (χ2v) is 7.91. The Kier molecular flexibility index (Phi) is 2.87. The van der Waals surface area contributed by atoms with Gasteiger partial charge in [0.15, 0.2) is 6.29 Å². The fourth-order valence-electron chi connectivity index (χ4n) is 0.813. The Morgan fingerprint density at radius 2 is 2.09 bits per heavy atom. The molecule has 0 aromatic heterocycles. The minimum Gasteiger partial charge on any atom is -0.425 e. The van der Waals surface area contributed by atoms with Gasteiger partial charge in [0.1, 0.15) is 0 Å². The molecular formula is C3H10O5Si3. The summed E-state index contributed by atoms with van der Waals surface area (Å²) in [5, 5.41) is 0. The molecule has 0 radical (unpaired) electrons. The van der Waals surface area contributed by atoms with Gasteiger partial charge in [0.2, 0.25) is 0 Å². The van der Waals surface area contributed by atoms with Gasteiger partial charge in [-0.1, -0.05) is 0 Å². The van der Waals surface area contributed by atoms with Gasteiger partial charge in [0.05, 0.1) is 6.61 Å². The van der Waals surface area contributed by atoms with Gasteiger partial charge in [-0.3, -0.25) is 0 Å². The third kappa shape index (κ3) is 2.19. The van der Waals surface area contributed by atoms with Crippen molar-refractivity contribution in [2.24, 2.45) is 0 Å². The highest BCUT2D eigenvalue weighted by Gasteiger charge is 2.28. The van der Waals surface area contributed by atoms with E-state index < -0.39 is 29.5 Å². The van der Waals surface area contributed by atoms with Gasteiger partial charge in [-0.05, 0) is 0 Å². The highest BCUT2D eigenvalue weighted by atomic mass is 28.4. The van der Waals surface area contributed by atoms with Crippen LogP contribution in [0.1, 0.15) is 6.42 Å². The highest BCUT2D eigenvalue weighted by Crippen LogP contribution is 2.14. The quantitative estimate of drug-likeness (QED) is 0.473. The Labute approximate surface area is 71.0 Å². The van der Waals surface area contributed by atoms with Crippen molar-refractivity contribution in [2.75, 3.05) is 6.61 Å². The van der Waals surface area contributed by atoms with Crippen LogP contribution in [0.3, 0.4) is 0 Å². The minimum absolute atomic E-state index is 0.0484. The van der Waals surface area contributed by atoms with E-state index in [0.29, 0.717) is 0 Å². The molecule has 8 heteroatoms. The van der Waals surface area contributed by atoms with Crippen LogP contribution in [-0.2, 0) is 21.5 Å². The molecular weight excluding hydrogens is 200 g/mol. The molecule has 5 nitrogen and oxygen atoms in total. The molecule has 11 heavy (non-hydrogen) atoms. The lowest BCUT2D eigenvalue weighted by atomic mass is 10.4. The van der Waals surface area contributed by atoms with Crippen molar-refractivity contribution in [3.8, 4) is 0 Å². The van der Waals surface area contributed by atoms with Crippen LogP contribution in [0.2, 0.25) is 0 Å². The standard InChI is InChI=1S/C3H10O5Si3/c1-2-4-3(1)5-11-7-9-6-10-8-11/h3,11H,1-2,9-10H2. The molecule has 0 bridgehead atoms. The molecule has 2 heterocycles. The molecule has 0 N–H and O–H groups in total. The Morgan fingerprint density at radius 3 is 2.64 bits per heavy atom. The summed E-state index contributed by atoms with van der Waals surface area (Å²) in [4.78, 5) is 0. The van der Waals surface area contributed by atoms with Crippen molar-refractivity contribution in [3.05, 3.63) is 0 Å². The van der Waals surface area contributed by atoms with Crippen molar-refractivity contribution >= 4 is 29.5 Å². The van der Waals surface area contributed by atoms with E-state index in [-0.39, 0.29) is 6.29 Å². The second kappa shape index (κ2) is 3.91. The fraction of sp³-hybridized carbons (Fsp3) is 1.00. The lowest BCUT2D eigenvalue weighted by molar-refractivity contribution is -0.179. The Morgan fingerprint density at radius 1 is 1.36 bits per heavy atom. The first kappa shape index (κ1) is 8.07. The first-order valence-electron chi connectivity index (χ1n) is 3.53. The van der Waals surface area contributed by atoms with Crippen molar-refractivity contribution in [3.63, 3.8) is 0 Å². The van der Waals surface area contributed by atoms with Crippen LogP contribution >= 0.6 is 0 Å². The number of rotatable bonds is 2. The van der Waals surface area contributed by atoms with Crippen molar-refractivity contribution in [2.45, 2.75) is 12.7 Å². The summed E-state index contributed by atoms with van der Waals surface area (Å²) in [5.41, 5.74) is 0. The molecule has 2 fully saturated rings. The summed E-state index contributed by atoms with van der Waals surface area (Å²) >= 11 is 0. The van der Waals surface area contributed by atoms with Gasteiger partial charge in [-0.25, -0.2) is 0 Å². The van der Waals surface area contributed by atoms with Crippen LogP contribution < -0.4 is 0 Å². The largest absolute Gasteiger partial charge is 0.467 e. The average Bonchev–Trinajstić information content (AvgIpc) is 1.99. The number of hydrogen-bond donors (Lipinski definition) is 0. The van der Waals surface area contributed by atoms with E-state index in [9.17, 15) is 0 Å². The molecule has 1 atom stereocenters. The summed E-state index contributed by atoms with van der Waals surface area (Å²) in [6.07, 6.45) is 0.924. The monoisotopic (exact) mass is 210 g/mol. The molecule has 2 aliphatic rings. The smallest absolute Gasteiger partial charge is 0.425 e. The second-order valence-electron chi connectivity index (χ2n) is 2.29. The zero-order valence-electron chi connectivity index (χ0n) is 6.02. The van der Waals surface area contributed by atoms with Crippen LogP contribution in [0.15, 0.2) is 0 Å². The highest BCUT2D eigenvalue weighted by molar-refractivity contribution is 6.57. The van der Waals surface area contributed by atoms with E-state index in [1.165, 1.54) is 0 Å². The maximum Gasteiger partial charge on any atom is 0.467 e. The van der Waals surface area contributed by atoms with E-state index >= 15 is 0 Å². The SMILES string of the molecule is C1CC(O[SiH]2O[SiH2]O[SiH2]O2)O1. The van der Waals surface area contributed by atoms with Gasteiger partial charge in [-0.15, -0.1) is 0 Å². The van der Waals surface area contributed by atoms with Crippen molar-refractivity contribution in [1.29, 1.82) is 0 Å². The van der Waals surface area contributed by atoms with Crippen LogP contribution in [-0.4, -0.2) is 42.4 Å². The molecule has 2 rings (SSSR count). The Balaban J connectivity index is 1.67. The van der Waals surface area contributed by atoms with Gasteiger partial charge in [-0.2, -0.15) is 0 Å². The summed E-state index contributed by atoms with van der Waals surface area (Å²) in [6.45, 7) is 0.803. The topological polar surface area (TPSA) is 46.2 Å². The first-order valence-corrected chi connectivity index (χ1v) is 7.25. The molecule has 0 aromatic rings. The van der Waals surface area contributed by atoms with Gasteiger partial charge in [0.25, 0.3) is 20.0 Å². The normalized spacial score (nSPS) is 42.5. The Hall–Kier alpha value is 0.451. The minimum atomic E-state index is -1.78. The van der Waals surface area contributed by atoms with Crippen LogP contribution in [0, 0.1) is 0 Å². The Bertz CT molecular complexity index is 124. The maximum absolute atomic E-state index is 5.39. The molecule has 64 valence electrons. The number of ether oxygens (including phenoxy) is 1. The predicted molar refractivity (Wildman–Crippen MR) is 42.9 cm³/mol. The molecule has 0 aliphatic carbocycles. The molecule has 0 spiro atoms. The van der Waals surface area contributed by atoms with Gasteiger partial charge < -0.3 is 21.5 Å². The lowest BCUT2D eigenvalue weighted by Gasteiger charge is -2.31. The molecule has 1 unspecified atom stereocenters. The van der Waals surface area contributed by atoms with Crippen molar-refractivity contribution in [1.82, 2.24) is 0 Å². The van der Waals surface area contributed by atoms with Crippen LogP contribution in [0.25, 0.3) is 0 Å². The molecule has 2 aliphatic heterocycles. The van der Waals surface area contributed by atoms with E-state index in [1.54, 1.807) is 0 Å². The maximum atomic E-state index is 5.39. The average molecular weight is 210 g/mol. The van der Waals surface area contributed by atoms with E-state index in [0.717, 1.165) is 13.0 Å². The summed E-state index contributed by atoms with van der Waals surface area (Å²) in [6, 6.07) is 0. The van der Waals surface area contributed by atoms with E-state index in [2.05, 4.69) is 0 Å². The van der Waals surface area contributed by atoms with Gasteiger partial charge >= 0.3 is 9.53 Å². The van der Waals surface area contributed by atoms with E-state index in [4.69, 9.17) is 21.5 Å². The van der Waals surface area contributed by atoms with E-state index in [1.807, 2.05) is 0 Å². The molecule has 0 amide bonds. The molecule has 0 saturated carbocycles. The fourth-order valence-corrected chi connectivity index (χ4v) is 6.82. The number of hydrogen-bond acceptors (Lipinski definition) is 5. The van der Waals surface area contributed by atoms with Crippen LogP contribution in [0.5, 0.6) is 0 Å².